The van der Waals surface area contributed by atoms with Crippen LogP contribution in [0.25, 0.3) is 0 Å². The normalized spacial score (nSPS) is 24.6. The molecule has 1 unspecified atom stereocenters. The second kappa shape index (κ2) is 5.22. The van der Waals surface area contributed by atoms with E-state index in [0.29, 0.717) is 12.0 Å². The number of aromatic nitrogens is 2. The second-order valence-electron chi connectivity index (χ2n) is 5.56. The maximum absolute atomic E-state index is 4.40. The van der Waals surface area contributed by atoms with Gasteiger partial charge in [0.15, 0.2) is 5.82 Å². The third-order valence-corrected chi connectivity index (χ3v) is 4.37. The lowest BCUT2D eigenvalue weighted by Gasteiger charge is -2.32. The van der Waals surface area contributed by atoms with E-state index in [0.717, 1.165) is 18.9 Å². The average Bonchev–Trinajstić information content (AvgIpc) is 2.38. The molecule has 3 rings (SSSR count). The number of nitrogens with zero attached hydrogens (tertiary/aromatic N) is 3. The zero-order chi connectivity index (χ0) is 12.4. The van der Waals surface area contributed by atoms with Crippen LogP contribution in [0.3, 0.4) is 0 Å². The number of nitrogens with one attached hydrogen (secondary N) is 1. The number of likely N-dealkylation sites (N-methyl/N-ethyl adjacent to an activating group) is 1. The fourth-order valence-electron chi connectivity index (χ4n) is 2.80. The van der Waals surface area contributed by atoms with Crippen LogP contribution >= 0.6 is 0 Å². The van der Waals surface area contributed by atoms with Crippen LogP contribution in [-0.4, -0.2) is 36.4 Å². The SMILES string of the molecule is CN(c1ccc(C2CCC2)nn1)C1CCCNC1. The summed E-state index contributed by atoms with van der Waals surface area (Å²) in [6.45, 7) is 2.21. The van der Waals surface area contributed by atoms with Crippen molar-refractivity contribution in [3.63, 3.8) is 0 Å². The lowest BCUT2D eigenvalue weighted by atomic mass is 9.83. The topological polar surface area (TPSA) is 41.1 Å². The lowest BCUT2D eigenvalue weighted by Crippen LogP contribution is -2.44. The Labute approximate surface area is 109 Å². The van der Waals surface area contributed by atoms with Crippen LogP contribution in [0.15, 0.2) is 12.1 Å². The molecule has 1 aliphatic heterocycles. The van der Waals surface area contributed by atoms with Gasteiger partial charge in [0.1, 0.15) is 0 Å². The molecule has 18 heavy (non-hydrogen) atoms. The minimum atomic E-state index is 0.558. The van der Waals surface area contributed by atoms with Crippen LogP contribution in [0.5, 0.6) is 0 Å². The number of anilines is 1. The quantitative estimate of drug-likeness (QED) is 0.885. The summed E-state index contributed by atoms with van der Waals surface area (Å²) >= 11 is 0. The number of piperidine rings is 1. The van der Waals surface area contributed by atoms with Crippen molar-refractivity contribution in [2.24, 2.45) is 0 Å². The lowest BCUT2D eigenvalue weighted by molar-refractivity contribution is 0.407. The highest BCUT2D eigenvalue weighted by molar-refractivity contribution is 5.38. The Hall–Kier alpha value is -1.16. The van der Waals surface area contributed by atoms with Crippen LogP contribution in [0.4, 0.5) is 5.82 Å². The van der Waals surface area contributed by atoms with Gasteiger partial charge in [-0.3, -0.25) is 0 Å². The zero-order valence-corrected chi connectivity index (χ0v) is 11.1. The van der Waals surface area contributed by atoms with Gasteiger partial charge in [0.05, 0.1) is 5.69 Å². The van der Waals surface area contributed by atoms with E-state index in [1.165, 1.54) is 37.8 Å². The molecule has 1 aliphatic carbocycles. The van der Waals surface area contributed by atoms with E-state index in [1.807, 2.05) is 0 Å². The fraction of sp³-hybridized carbons (Fsp3) is 0.714. The van der Waals surface area contributed by atoms with Gasteiger partial charge in [-0.2, -0.15) is 5.10 Å². The third-order valence-electron chi connectivity index (χ3n) is 4.37. The molecule has 1 saturated carbocycles. The van der Waals surface area contributed by atoms with Gasteiger partial charge in [-0.05, 0) is 44.4 Å². The van der Waals surface area contributed by atoms with Crippen LogP contribution in [0.2, 0.25) is 0 Å². The van der Waals surface area contributed by atoms with Crippen LogP contribution in [0, 0.1) is 0 Å². The molecular weight excluding hydrogens is 224 g/mol. The Morgan fingerprint density at radius 1 is 1.17 bits per heavy atom. The van der Waals surface area contributed by atoms with Crippen molar-refractivity contribution in [1.29, 1.82) is 0 Å². The Balaban J connectivity index is 1.67. The molecule has 2 heterocycles. The molecule has 98 valence electrons. The minimum absolute atomic E-state index is 0.558. The maximum Gasteiger partial charge on any atom is 0.151 e. The first-order valence-electron chi connectivity index (χ1n) is 7.12. The summed E-state index contributed by atoms with van der Waals surface area (Å²) in [6, 6.07) is 4.86. The van der Waals surface area contributed by atoms with E-state index >= 15 is 0 Å². The molecular formula is C14H22N4. The van der Waals surface area contributed by atoms with E-state index in [2.05, 4.69) is 39.6 Å². The molecule has 0 radical (unpaired) electrons. The first-order valence-corrected chi connectivity index (χ1v) is 7.12. The largest absolute Gasteiger partial charge is 0.354 e. The van der Waals surface area contributed by atoms with Gasteiger partial charge in [0.25, 0.3) is 0 Å². The van der Waals surface area contributed by atoms with E-state index in [-0.39, 0.29) is 0 Å². The highest BCUT2D eigenvalue weighted by Crippen LogP contribution is 2.35. The van der Waals surface area contributed by atoms with Crippen molar-refractivity contribution < 1.29 is 0 Å². The van der Waals surface area contributed by atoms with Gasteiger partial charge in [-0.15, -0.1) is 5.10 Å². The standard InChI is InChI=1S/C14H22N4/c1-18(12-6-3-9-15-10-12)14-8-7-13(16-17-14)11-4-2-5-11/h7-8,11-12,15H,2-6,9-10H2,1H3. The van der Waals surface area contributed by atoms with Crippen LogP contribution in [-0.2, 0) is 0 Å². The van der Waals surface area contributed by atoms with E-state index in [9.17, 15) is 0 Å². The van der Waals surface area contributed by atoms with Crippen LogP contribution < -0.4 is 10.2 Å². The molecule has 1 saturated heterocycles. The molecule has 4 nitrogen and oxygen atoms in total. The zero-order valence-electron chi connectivity index (χ0n) is 11.1. The Bertz CT molecular complexity index is 379. The molecule has 1 N–H and O–H groups in total. The molecule has 1 aromatic rings. The van der Waals surface area contributed by atoms with E-state index in [1.54, 1.807) is 0 Å². The second-order valence-corrected chi connectivity index (χ2v) is 5.56. The summed E-state index contributed by atoms with van der Waals surface area (Å²) in [4.78, 5) is 2.27. The molecule has 0 spiro atoms. The van der Waals surface area contributed by atoms with Crippen molar-refractivity contribution in [3.05, 3.63) is 17.8 Å². The predicted octanol–water partition coefficient (Wildman–Crippen LogP) is 1.93. The summed E-state index contributed by atoms with van der Waals surface area (Å²) in [5, 5.41) is 12.3. The van der Waals surface area contributed by atoms with Crippen molar-refractivity contribution in [3.8, 4) is 0 Å². The molecule has 2 fully saturated rings. The first kappa shape index (κ1) is 11.9. The van der Waals surface area contributed by atoms with Gasteiger partial charge in [-0.25, -0.2) is 0 Å². The summed E-state index contributed by atoms with van der Waals surface area (Å²) in [5.41, 5.74) is 1.18. The molecule has 1 atom stereocenters. The van der Waals surface area contributed by atoms with Crippen LogP contribution in [0.1, 0.15) is 43.7 Å². The summed E-state index contributed by atoms with van der Waals surface area (Å²) in [7, 11) is 2.13. The smallest absolute Gasteiger partial charge is 0.151 e. The van der Waals surface area contributed by atoms with E-state index in [4.69, 9.17) is 0 Å². The van der Waals surface area contributed by atoms with Gasteiger partial charge >= 0.3 is 0 Å². The average molecular weight is 246 g/mol. The van der Waals surface area contributed by atoms with Crippen molar-refractivity contribution in [1.82, 2.24) is 15.5 Å². The number of hydrogen-bond acceptors (Lipinski definition) is 4. The van der Waals surface area contributed by atoms with Gasteiger partial charge < -0.3 is 10.2 Å². The first-order chi connectivity index (χ1) is 8.84. The van der Waals surface area contributed by atoms with Gasteiger partial charge in [0.2, 0.25) is 0 Å². The molecule has 0 bridgehead atoms. The Morgan fingerprint density at radius 3 is 2.61 bits per heavy atom. The summed E-state index contributed by atoms with van der Waals surface area (Å²) in [6.07, 6.45) is 6.42. The summed E-state index contributed by atoms with van der Waals surface area (Å²) < 4.78 is 0. The van der Waals surface area contributed by atoms with Gasteiger partial charge in [-0.1, -0.05) is 6.42 Å². The fourth-order valence-corrected chi connectivity index (χ4v) is 2.80. The molecule has 1 aromatic heterocycles. The number of rotatable bonds is 3. The molecule has 2 aliphatic rings. The minimum Gasteiger partial charge on any atom is -0.354 e. The monoisotopic (exact) mass is 246 g/mol. The Morgan fingerprint density at radius 2 is 2.06 bits per heavy atom. The molecule has 0 amide bonds. The highest BCUT2D eigenvalue weighted by atomic mass is 15.3. The molecule has 4 heteroatoms. The van der Waals surface area contributed by atoms with Crippen molar-refractivity contribution >= 4 is 5.82 Å². The predicted molar refractivity (Wildman–Crippen MR) is 72.9 cm³/mol. The van der Waals surface area contributed by atoms with Gasteiger partial charge in [0, 0.05) is 25.6 Å². The maximum atomic E-state index is 4.40. The summed E-state index contributed by atoms with van der Waals surface area (Å²) in [5.74, 6) is 1.68. The van der Waals surface area contributed by atoms with Crippen molar-refractivity contribution in [2.75, 3.05) is 25.0 Å². The molecule has 0 aromatic carbocycles. The third kappa shape index (κ3) is 2.34. The van der Waals surface area contributed by atoms with E-state index < -0.39 is 0 Å². The van der Waals surface area contributed by atoms with Crippen molar-refractivity contribution in [2.45, 2.75) is 44.1 Å². The Kier molecular flexibility index (Phi) is 3.46. The highest BCUT2D eigenvalue weighted by Gasteiger charge is 2.22. The number of hydrogen-bond donors (Lipinski definition) is 1.